The summed E-state index contributed by atoms with van der Waals surface area (Å²) in [5, 5.41) is 10.6. The maximum Gasteiger partial charge on any atom is 0.319 e. The fraction of sp³-hybridized carbons (Fsp3) is 0.281. The van der Waals surface area contributed by atoms with Crippen LogP contribution in [0.1, 0.15) is 38.8 Å². The Morgan fingerprint density at radius 1 is 0.780 bits per heavy atom. The van der Waals surface area contributed by atoms with E-state index in [4.69, 9.17) is 0 Å². The van der Waals surface area contributed by atoms with Crippen LogP contribution < -0.4 is 21.3 Å². The second-order valence-electron chi connectivity index (χ2n) is 10.5. The molecule has 3 aromatic carbocycles. The number of carbonyl (C=O) groups excluding carboxylic acids is 5. The molecule has 1 aliphatic heterocycles. The van der Waals surface area contributed by atoms with Crippen molar-refractivity contribution in [2.24, 2.45) is 17.8 Å². The Labute approximate surface area is 239 Å². The molecule has 0 bridgehead atoms. The minimum absolute atomic E-state index is 0.147. The lowest BCUT2D eigenvalue weighted by molar-refractivity contribution is -0.137. The average molecular weight is 555 g/mol. The zero-order valence-corrected chi connectivity index (χ0v) is 23.2. The molecule has 212 valence electrons. The molecule has 1 saturated heterocycles. The van der Waals surface area contributed by atoms with Crippen LogP contribution >= 0.6 is 0 Å². The molecule has 9 heteroatoms. The first kappa shape index (κ1) is 29.2. The number of anilines is 1. The molecule has 41 heavy (non-hydrogen) atoms. The van der Waals surface area contributed by atoms with Crippen LogP contribution in [-0.2, 0) is 19.2 Å². The van der Waals surface area contributed by atoms with Gasteiger partial charge in [-0.05, 0) is 34.7 Å². The number of urea groups is 1. The van der Waals surface area contributed by atoms with Gasteiger partial charge < -0.3 is 16.0 Å². The molecule has 1 unspecified atom stereocenters. The van der Waals surface area contributed by atoms with Crippen molar-refractivity contribution in [2.75, 3.05) is 5.32 Å². The maximum atomic E-state index is 13.2. The Balaban J connectivity index is 1.43. The van der Waals surface area contributed by atoms with E-state index < -0.39 is 53.5 Å². The van der Waals surface area contributed by atoms with Gasteiger partial charge in [0.05, 0.1) is 24.4 Å². The van der Waals surface area contributed by atoms with Crippen molar-refractivity contribution >= 4 is 35.2 Å². The van der Waals surface area contributed by atoms with Gasteiger partial charge in [-0.2, -0.15) is 0 Å². The van der Waals surface area contributed by atoms with Gasteiger partial charge in [0.15, 0.2) is 5.78 Å². The third-order valence-electron chi connectivity index (χ3n) is 7.19. The molecule has 5 amide bonds. The van der Waals surface area contributed by atoms with Crippen LogP contribution in [0.4, 0.5) is 10.5 Å². The molecule has 4 rings (SSSR count). The molecular weight excluding hydrogens is 520 g/mol. The fourth-order valence-corrected chi connectivity index (χ4v) is 4.88. The second kappa shape index (κ2) is 13.0. The first-order valence-electron chi connectivity index (χ1n) is 13.6. The van der Waals surface area contributed by atoms with Gasteiger partial charge in [-0.1, -0.05) is 93.6 Å². The standard InChI is InChI=1S/C32H34N4O5/c1-19(2)28(29(38)27-20(3)30(39)36-31(27)40)35-26(37)18-25(23-12-8-5-9-13-23)34-32(41)33-24-16-14-22(15-17-24)21-10-6-4-7-11-21/h4-17,19-20,25,27-28H,18H2,1-3H3,(H,35,37)(H2,33,34,41)(H,36,39,40)/t20-,25?,27+,28-/m0/s1. The van der Waals surface area contributed by atoms with Gasteiger partial charge in [0.1, 0.15) is 5.92 Å². The van der Waals surface area contributed by atoms with Gasteiger partial charge in [0.25, 0.3) is 0 Å². The van der Waals surface area contributed by atoms with Gasteiger partial charge in [-0.25, -0.2) is 4.79 Å². The van der Waals surface area contributed by atoms with E-state index in [1.807, 2.05) is 48.5 Å². The van der Waals surface area contributed by atoms with E-state index in [-0.39, 0.29) is 12.3 Å². The summed E-state index contributed by atoms with van der Waals surface area (Å²) >= 11 is 0. The fourth-order valence-electron chi connectivity index (χ4n) is 4.88. The van der Waals surface area contributed by atoms with Gasteiger partial charge in [0.2, 0.25) is 17.7 Å². The Hall–Kier alpha value is -4.79. The summed E-state index contributed by atoms with van der Waals surface area (Å²) in [6.07, 6.45) is -0.147. The Morgan fingerprint density at radius 3 is 1.93 bits per heavy atom. The number of nitrogens with one attached hydrogen (secondary N) is 4. The molecule has 9 nitrogen and oxygen atoms in total. The topological polar surface area (TPSA) is 133 Å². The second-order valence-corrected chi connectivity index (χ2v) is 10.5. The maximum absolute atomic E-state index is 13.2. The molecule has 4 N–H and O–H groups in total. The highest BCUT2D eigenvalue weighted by Crippen LogP contribution is 2.24. The number of ketones is 1. The number of amides is 5. The van der Waals surface area contributed by atoms with Gasteiger partial charge in [-0.3, -0.25) is 24.5 Å². The lowest BCUT2D eigenvalue weighted by Gasteiger charge is -2.26. The van der Waals surface area contributed by atoms with Gasteiger partial charge in [-0.15, -0.1) is 0 Å². The summed E-state index contributed by atoms with van der Waals surface area (Å²) < 4.78 is 0. The summed E-state index contributed by atoms with van der Waals surface area (Å²) in [5.41, 5.74) is 3.37. The zero-order valence-electron chi connectivity index (χ0n) is 23.2. The van der Waals surface area contributed by atoms with Crippen molar-refractivity contribution in [3.05, 3.63) is 90.5 Å². The van der Waals surface area contributed by atoms with E-state index in [1.165, 1.54) is 6.92 Å². The van der Waals surface area contributed by atoms with Crippen LogP contribution in [0, 0.1) is 17.8 Å². The lowest BCUT2D eigenvalue weighted by Crippen LogP contribution is -2.49. The minimum atomic E-state index is -1.16. The molecule has 3 aromatic rings. The molecule has 0 saturated carbocycles. The monoisotopic (exact) mass is 554 g/mol. The number of rotatable bonds is 10. The number of carbonyl (C=O) groups is 5. The molecule has 1 heterocycles. The molecule has 0 spiro atoms. The van der Waals surface area contributed by atoms with E-state index >= 15 is 0 Å². The minimum Gasteiger partial charge on any atom is -0.346 e. The molecule has 0 aliphatic carbocycles. The van der Waals surface area contributed by atoms with E-state index in [1.54, 1.807) is 50.2 Å². The molecule has 4 atom stereocenters. The van der Waals surface area contributed by atoms with Crippen LogP contribution in [0.2, 0.25) is 0 Å². The number of Topliss-reactive ketones (excluding diaryl/α,β-unsaturated/α-hetero) is 1. The quantitative estimate of drug-likeness (QED) is 0.220. The predicted octanol–water partition coefficient (Wildman–Crippen LogP) is 4.23. The van der Waals surface area contributed by atoms with Crippen LogP contribution in [0.15, 0.2) is 84.9 Å². The van der Waals surface area contributed by atoms with Crippen molar-refractivity contribution < 1.29 is 24.0 Å². The molecule has 0 radical (unpaired) electrons. The van der Waals surface area contributed by atoms with Crippen LogP contribution in [0.25, 0.3) is 11.1 Å². The van der Waals surface area contributed by atoms with Crippen LogP contribution in [0.3, 0.4) is 0 Å². The van der Waals surface area contributed by atoms with Crippen molar-refractivity contribution in [3.8, 4) is 11.1 Å². The summed E-state index contributed by atoms with van der Waals surface area (Å²) in [7, 11) is 0. The van der Waals surface area contributed by atoms with Crippen LogP contribution in [0.5, 0.6) is 0 Å². The molecule has 1 fully saturated rings. The number of hydrogen-bond acceptors (Lipinski definition) is 5. The highest BCUT2D eigenvalue weighted by Gasteiger charge is 2.46. The SMILES string of the molecule is CC(C)[C@H](NC(=O)CC(NC(=O)Nc1ccc(-c2ccccc2)cc1)c1ccccc1)C(=O)[C@@H]1C(=O)NC(=O)[C@H]1C. The Morgan fingerprint density at radius 2 is 1.37 bits per heavy atom. The Kier molecular flexibility index (Phi) is 9.29. The normalized spacial score (nSPS) is 17.9. The average Bonchev–Trinajstić information content (AvgIpc) is 3.22. The smallest absolute Gasteiger partial charge is 0.319 e. The number of imide groups is 1. The van der Waals surface area contributed by atoms with Crippen molar-refractivity contribution in [3.63, 3.8) is 0 Å². The highest BCUT2D eigenvalue weighted by molar-refractivity contribution is 6.16. The van der Waals surface area contributed by atoms with Crippen molar-refractivity contribution in [2.45, 2.75) is 39.3 Å². The largest absolute Gasteiger partial charge is 0.346 e. The molecule has 0 aromatic heterocycles. The van der Waals surface area contributed by atoms with E-state index in [0.717, 1.165) is 11.1 Å². The van der Waals surface area contributed by atoms with Crippen molar-refractivity contribution in [1.29, 1.82) is 0 Å². The van der Waals surface area contributed by atoms with Crippen molar-refractivity contribution in [1.82, 2.24) is 16.0 Å². The highest BCUT2D eigenvalue weighted by atomic mass is 16.2. The Bertz CT molecular complexity index is 1410. The summed E-state index contributed by atoms with van der Waals surface area (Å²) in [5.74, 6) is -4.43. The van der Waals surface area contributed by atoms with E-state index in [9.17, 15) is 24.0 Å². The third-order valence-corrected chi connectivity index (χ3v) is 7.19. The lowest BCUT2D eigenvalue weighted by atomic mass is 9.85. The first-order chi connectivity index (χ1) is 19.6. The zero-order chi connectivity index (χ0) is 29.5. The van der Waals surface area contributed by atoms with E-state index in [2.05, 4.69) is 21.3 Å². The summed E-state index contributed by atoms with van der Waals surface area (Å²) in [6, 6.07) is 24.2. The third kappa shape index (κ3) is 7.25. The van der Waals surface area contributed by atoms with Gasteiger partial charge >= 0.3 is 6.03 Å². The molecular formula is C32H34N4O5. The first-order valence-corrected chi connectivity index (χ1v) is 13.6. The van der Waals surface area contributed by atoms with Gasteiger partial charge in [0, 0.05) is 5.69 Å². The summed E-state index contributed by atoms with van der Waals surface area (Å²) in [4.78, 5) is 63.6. The predicted molar refractivity (Wildman–Crippen MR) is 155 cm³/mol. The number of benzene rings is 3. The summed E-state index contributed by atoms with van der Waals surface area (Å²) in [6.45, 7) is 5.03. The van der Waals surface area contributed by atoms with Crippen LogP contribution in [-0.4, -0.2) is 35.6 Å². The number of hydrogen-bond donors (Lipinski definition) is 4. The molecule has 1 aliphatic rings. The van der Waals surface area contributed by atoms with E-state index in [0.29, 0.717) is 11.3 Å².